The van der Waals surface area contributed by atoms with Gasteiger partial charge in [-0.1, -0.05) is 56.3 Å². The van der Waals surface area contributed by atoms with Crippen LogP contribution in [0.2, 0.25) is 0 Å². The van der Waals surface area contributed by atoms with Crippen molar-refractivity contribution in [2.45, 2.75) is 39.8 Å². The van der Waals surface area contributed by atoms with Gasteiger partial charge in [0.25, 0.3) is 0 Å². The fourth-order valence-electron chi connectivity index (χ4n) is 5.44. The van der Waals surface area contributed by atoms with E-state index in [4.69, 9.17) is 4.98 Å². The molecule has 3 heterocycles. The Kier molecular flexibility index (Phi) is 6.86. The molecule has 6 heteroatoms. The lowest BCUT2D eigenvalue weighted by atomic mass is 9.96. The van der Waals surface area contributed by atoms with Crippen LogP contribution in [0.15, 0.2) is 54.6 Å². The summed E-state index contributed by atoms with van der Waals surface area (Å²) in [5.41, 5.74) is 3.57. The first-order valence-electron chi connectivity index (χ1n) is 12.8. The van der Waals surface area contributed by atoms with Crippen LogP contribution in [0.1, 0.15) is 32.3 Å². The van der Waals surface area contributed by atoms with E-state index < -0.39 is 0 Å². The van der Waals surface area contributed by atoms with Crippen molar-refractivity contribution in [2.24, 2.45) is 11.8 Å². The number of carbonyl (C=O) groups excluding carboxylic acids is 1. The minimum Gasteiger partial charge on any atom is -0.341 e. The fourth-order valence-corrected chi connectivity index (χ4v) is 5.44. The summed E-state index contributed by atoms with van der Waals surface area (Å²) in [6, 6.07) is 19.0. The summed E-state index contributed by atoms with van der Waals surface area (Å²) in [7, 11) is 0. The van der Waals surface area contributed by atoms with E-state index in [0.29, 0.717) is 11.8 Å². The number of nitrogens with zero attached hydrogens (tertiary/aromatic N) is 5. The monoisotopic (exact) mass is 459 g/mol. The predicted molar refractivity (Wildman–Crippen MR) is 138 cm³/mol. The fraction of sp³-hybridized carbons (Fsp3) is 0.500. The number of para-hydroxylation sites is 2. The average Bonchev–Trinajstić information content (AvgIpc) is 3.23. The number of hydrogen-bond donors (Lipinski definition) is 0. The van der Waals surface area contributed by atoms with Gasteiger partial charge in [-0.05, 0) is 36.5 Å². The number of imidazole rings is 1. The highest BCUT2D eigenvalue weighted by atomic mass is 16.2. The minimum atomic E-state index is 0.0572. The summed E-state index contributed by atoms with van der Waals surface area (Å²) in [6.45, 7) is 11.7. The highest BCUT2D eigenvalue weighted by Crippen LogP contribution is 2.29. The molecule has 3 aromatic rings. The zero-order valence-corrected chi connectivity index (χ0v) is 20.6. The topological polar surface area (TPSA) is 44.6 Å². The molecule has 1 aromatic heterocycles. The van der Waals surface area contributed by atoms with E-state index in [1.165, 1.54) is 11.1 Å². The molecule has 0 N–H and O–H groups in total. The van der Waals surface area contributed by atoms with Crippen LogP contribution in [0, 0.1) is 11.8 Å². The van der Waals surface area contributed by atoms with E-state index in [2.05, 4.69) is 87.7 Å². The Labute approximate surface area is 203 Å². The van der Waals surface area contributed by atoms with Gasteiger partial charge in [-0.25, -0.2) is 4.98 Å². The van der Waals surface area contributed by atoms with E-state index >= 15 is 0 Å². The third-order valence-electron chi connectivity index (χ3n) is 7.17. The van der Waals surface area contributed by atoms with Gasteiger partial charge in [0, 0.05) is 52.4 Å². The number of piperidine rings is 1. The molecule has 2 aliphatic rings. The van der Waals surface area contributed by atoms with Crippen LogP contribution in [-0.4, -0.2) is 64.5 Å². The van der Waals surface area contributed by atoms with E-state index in [1.807, 2.05) is 0 Å². The summed E-state index contributed by atoms with van der Waals surface area (Å²) >= 11 is 0. The molecule has 1 unspecified atom stereocenters. The number of benzene rings is 2. The maximum absolute atomic E-state index is 13.5. The van der Waals surface area contributed by atoms with E-state index in [9.17, 15) is 4.79 Å². The SMILES string of the molecule is CC(C)Cn1c(N2CCCC(C(=O)N3CCN(Cc4ccccc4)CC3)C2)nc2ccccc21. The van der Waals surface area contributed by atoms with Crippen molar-refractivity contribution in [3.8, 4) is 0 Å². The molecule has 1 atom stereocenters. The summed E-state index contributed by atoms with van der Waals surface area (Å²) in [5, 5.41) is 0. The molecule has 2 saturated heterocycles. The van der Waals surface area contributed by atoms with E-state index in [0.717, 1.165) is 76.7 Å². The second-order valence-electron chi connectivity index (χ2n) is 10.3. The largest absolute Gasteiger partial charge is 0.341 e. The van der Waals surface area contributed by atoms with Gasteiger partial charge in [0.2, 0.25) is 11.9 Å². The number of piperazine rings is 1. The van der Waals surface area contributed by atoms with Gasteiger partial charge in [0.1, 0.15) is 0 Å². The number of carbonyl (C=O) groups is 1. The second kappa shape index (κ2) is 10.2. The maximum Gasteiger partial charge on any atom is 0.227 e. The number of rotatable bonds is 6. The Balaban J connectivity index is 1.24. The smallest absolute Gasteiger partial charge is 0.227 e. The van der Waals surface area contributed by atoms with Crippen LogP contribution in [0.5, 0.6) is 0 Å². The Morgan fingerprint density at radius 1 is 0.971 bits per heavy atom. The van der Waals surface area contributed by atoms with Crippen molar-refractivity contribution in [1.29, 1.82) is 0 Å². The van der Waals surface area contributed by atoms with Crippen molar-refractivity contribution < 1.29 is 4.79 Å². The standard InChI is InChI=1S/C28H37N5O/c1-22(2)19-33-26-13-7-6-12-25(26)29-28(33)32-14-8-11-24(21-32)27(34)31-17-15-30(16-18-31)20-23-9-4-3-5-10-23/h3-7,9-10,12-13,22,24H,8,11,14-21H2,1-2H3. The summed E-state index contributed by atoms with van der Waals surface area (Å²) in [5.74, 6) is 1.95. The Bertz CT molecular complexity index is 1100. The van der Waals surface area contributed by atoms with Gasteiger partial charge in [-0.15, -0.1) is 0 Å². The summed E-state index contributed by atoms with van der Waals surface area (Å²) in [4.78, 5) is 25.4. The zero-order valence-electron chi connectivity index (χ0n) is 20.6. The summed E-state index contributed by atoms with van der Waals surface area (Å²) < 4.78 is 2.36. The Morgan fingerprint density at radius 2 is 1.71 bits per heavy atom. The van der Waals surface area contributed by atoms with Gasteiger partial charge in [-0.2, -0.15) is 0 Å². The highest BCUT2D eigenvalue weighted by Gasteiger charge is 2.32. The molecule has 0 spiro atoms. The zero-order chi connectivity index (χ0) is 23.5. The lowest BCUT2D eigenvalue weighted by Gasteiger charge is -2.39. The van der Waals surface area contributed by atoms with Gasteiger partial charge in [0.05, 0.1) is 17.0 Å². The molecule has 0 aliphatic carbocycles. The number of fused-ring (bicyclic) bond motifs is 1. The lowest BCUT2D eigenvalue weighted by Crippen LogP contribution is -2.52. The number of aromatic nitrogens is 2. The molecule has 6 nitrogen and oxygen atoms in total. The van der Waals surface area contributed by atoms with Crippen LogP contribution in [0.25, 0.3) is 11.0 Å². The molecule has 0 radical (unpaired) electrons. The quantitative estimate of drug-likeness (QED) is 0.553. The minimum absolute atomic E-state index is 0.0572. The van der Waals surface area contributed by atoms with Crippen molar-refractivity contribution in [2.75, 3.05) is 44.2 Å². The summed E-state index contributed by atoms with van der Waals surface area (Å²) in [6.07, 6.45) is 2.01. The normalized spacial score (nSPS) is 19.8. The molecule has 180 valence electrons. The number of amides is 1. The van der Waals surface area contributed by atoms with Crippen LogP contribution < -0.4 is 4.90 Å². The van der Waals surface area contributed by atoms with Crippen molar-refractivity contribution in [3.05, 3.63) is 60.2 Å². The number of hydrogen-bond acceptors (Lipinski definition) is 4. The molecule has 0 bridgehead atoms. The molecule has 1 amide bonds. The average molecular weight is 460 g/mol. The predicted octanol–water partition coefficient (Wildman–Crippen LogP) is 4.25. The first kappa shape index (κ1) is 22.9. The van der Waals surface area contributed by atoms with Gasteiger partial charge >= 0.3 is 0 Å². The lowest BCUT2D eigenvalue weighted by molar-refractivity contribution is -0.137. The van der Waals surface area contributed by atoms with E-state index in [-0.39, 0.29) is 5.92 Å². The molecule has 5 rings (SSSR count). The molecule has 2 aliphatic heterocycles. The van der Waals surface area contributed by atoms with Crippen molar-refractivity contribution in [1.82, 2.24) is 19.4 Å². The molecule has 2 fully saturated rings. The molecule has 34 heavy (non-hydrogen) atoms. The second-order valence-corrected chi connectivity index (χ2v) is 10.3. The third kappa shape index (κ3) is 4.97. The first-order chi connectivity index (χ1) is 16.6. The van der Waals surface area contributed by atoms with Crippen LogP contribution in [0.4, 0.5) is 5.95 Å². The molecular weight excluding hydrogens is 422 g/mol. The van der Waals surface area contributed by atoms with Crippen molar-refractivity contribution in [3.63, 3.8) is 0 Å². The number of anilines is 1. The molecular formula is C28H37N5O. The van der Waals surface area contributed by atoms with E-state index in [1.54, 1.807) is 0 Å². The molecule has 0 saturated carbocycles. The van der Waals surface area contributed by atoms with Gasteiger partial charge in [-0.3, -0.25) is 9.69 Å². The third-order valence-corrected chi connectivity index (χ3v) is 7.17. The van der Waals surface area contributed by atoms with Crippen molar-refractivity contribution >= 4 is 22.9 Å². The highest BCUT2D eigenvalue weighted by molar-refractivity contribution is 5.81. The van der Waals surface area contributed by atoms with Crippen LogP contribution in [0.3, 0.4) is 0 Å². The maximum atomic E-state index is 13.5. The first-order valence-corrected chi connectivity index (χ1v) is 12.8. The Morgan fingerprint density at radius 3 is 2.47 bits per heavy atom. The van der Waals surface area contributed by atoms with Gasteiger partial charge < -0.3 is 14.4 Å². The van der Waals surface area contributed by atoms with Crippen LogP contribution >= 0.6 is 0 Å². The van der Waals surface area contributed by atoms with Crippen LogP contribution in [-0.2, 0) is 17.9 Å². The van der Waals surface area contributed by atoms with Gasteiger partial charge in [0.15, 0.2) is 0 Å². The Hall–Kier alpha value is -2.86. The molecule has 2 aromatic carbocycles.